The van der Waals surface area contributed by atoms with Gasteiger partial charge < -0.3 is 15.8 Å². The lowest BCUT2D eigenvalue weighted by Gasteiger charge is -2.13. The zero-order valence-electron chi connectivity index (χ0n) is 11.5. The lowest BCUT2D eigenvalue weighted by atomic mass is 10.1. The number of halogens is 2. The molecule has 0 radical (unpaired) electrons. The molecule has 0 unspecified atom stereocenters. The van der Waals surface area contributed by atoms with Crippen LogP contribution in [0.4, 0.5) is 17.1 Å². The number of esters is 1. The monoisotopic (exact) mass is 324 g/mol. The Kier molecular flexibility index (Phi) is 4.60. The first kappa shape index (κ1) is 15.5. The Morgan fingerprint density at radius 2 is 1.86 bits per heavy atom. The van der Waals surface area contributed by atoms with Crippen molar-refractivity contribution < 1.29 is 9.53 Å². The van der Waals surface area contributed by atoms with Crippen LogP contribution in [0, 0.1) is 6.92 Å². The van der Waals surface area contributed by atoms with Crippen LogP contribution in [-0.4, -0.2) is 13.1 Å². The predicted octanol–water partition coefficient (Wildman–Crippen LogP) is 4.41. The van der Waals surface area contributed by atoms with E-state index in [0.29, 0.717) is 32.7 Å². The van der Waals surface area contributed by atoms with E-state index in [9.17, 15) is 4.79 Å². The largest absolute Gasteiger partial charge is 0.465 e. The summed E-state index contributed by atoms with van der Waals surface area (Å²) in [6.45, 7) is 1.87. The maximum Gasteiger partial charge on any atom is 0.337 e. The Bertz CT molecular complexity index is 702. The van der Waals surface area contributed by atoms with Gasteiger partial charge in [-0.05, 0) is 42.8 Å². The van der Waals surface area contributed by atoms with Gasteiger partial charge in [-0.25, -0.2) is 4.79 Å². The van der Waals surface area contributed by atoms with Crippen molar-refractivity contribution in [2.24, 2.45) is 0 Å². The van der Waals surface area contributed by atoms with Crippen LogP contribution in [0.15, 0.2) is 30.3 Å². The highest BCUT2D eigenvalue weighted by atomic mass is 35.5. The molecule has 4 nitrogen and oxygen atoms in total. The molecule has 0 fully saturated rings. The highest BCUT2D eigenvalue weighted by Gasteiger charge is 2.10. The third kappa shape index (κ3) is 3.40. The Morgan fingerprint density at radius 1 is 1.14 bits per heavy atom. The first-order valence-electron chi connectivity index (χ1n) is 6.13. The van der Waals surface area contributed by atoms with Gasteiger partial charge in [0.2, 0.25) is 0 Å². The Hall–Kier alpha value is -1.91. The molecule has 0 amide bonds. The third-order valence-electron chi connectivity index (χ3n) is 2.99. The van der Waals surface area contributed by atoms with Crippen LogP contribution in [0.3, 0.4) is 0 Å². The van der Waals surface area contributed by atoms with Gasteiger partial charge in [0.05, 0.1) is 34.8 Å². The molecule has 110 valence electrons. The second-order valence-electron chi connectivity index (χ2n) is 4.50. The van der Waals surface area contributed by atoms with Gasteiger partial charge in [-0.15, -0.1) is 0 Å². The Morgan fingerprint density at radius 3 is 2.48 bits per heavy atom. The van der Waals surface area contributed by atoms with Gasteiger partial charge in [0, 0.05) is 5.02 Å². The number of anilines is 3. The first-order chi connectivity index (χ1) is 9.92. The maximum atomic E-state index is 11.4. The van der Waals surface area contributed by atoms with Crippen molar-refractivity contribution in [3.8, 4) is 0 Å². The van der Waals surface area contributed by atoms with Crippen molar-refractivity contribution in [1.29, 1.82) is 0 Å². The number of carbonyl (C=O) groups excluding carboxylic acids is 1. The van der Waals surface area contributed by atoms with Gasteiger partial charge in [0.15, 0.2) is 0 Å². The minimum atomic E-state index is -0.440. The summed E-state index contributed by atoms with van der Waals surface area (Å²) in [5.74, 6) is -0.440. The van der Waals surface area contributed by atoms with Crippen LogP contribution in [-0.2, 0) is 4.74 Å². The number of nitrogens with two attached hydrogens (primary N) is 1. The predicted molar refractivity (Wildman–Crippen MR) is 86.7 cm³/mol. The van der Waals surface area contributed by atoms with Gasteiger partial charge in [-0.1, -0.05) is 23.2 Å². The van der Waals surface area contributed by atoms with Crippen LogP contribution >= 0.6 is 23.2 Å². The van der Waals surface area contributed by atoms with Gasteiger partial charge in [0.1, 0.15) is 0 Å². The van der Waals surface area contributed by atoms with E-state index >= 15 is 0 Å². The van der Waals surface area contributed by atoms with Crippen LogP contribution in [0.2, 0.25) is 10.0 Å². The number of methoxy groups -OCH3 is 1. The number of hydrogen-bond acceptors (Lipinski definition) is 4. The van der Waals surface area contributed by atoms with Crippen LogP contribution in [0.5, 0.6) is 0 Å². The van der Waals surface area contributed by atoms with Gasteiger partial charge in [-0.2, -0.15) is 0 Å². The molecular formula is C15H14Cl2N2O2. The topological polar surface area (TPSA) is 64.3 Å². The number of hydrogen-bond donors (Lipinski definition) is 2. The van der Waals surface area contributed by atoms with Crippen molar-refractivity contribution in [2.75, 3.05) is 18.2 Å². The minimum absolute atomic E-state index is 0.383. The molecule has 0 aliphatic carbocycles. The smallest absolute Gasteiger partial charge is 0.337 e. The van der Waals surface area contributed by atoms with Crippen molar-refractivity contribution in [1.82, 2.24) is 0 Å². The van der Waals surface area contributed by atoms with Crippen LogP contribution in [0.1, 0.15) is 15.9 Å². The molecule has 3 N–H and O–H groups in total. The zero-order valence-corrected chi connectivity index (χ0v) is 13.0. The average Bonchev–Trinajstić information content (AvgIpc) is 2.45. The Balaban J connectivity index is 2.32. The molecule has 0 aromatic heterocycles. The second kappa shape index (κ2) is 6.24. The van der Waals surface area contributed by atoms with Gasteiger partial charge in [-0.3, -0.25) is 0 Å². The third-order valence-corrected chi connectivity index (χ3v) is 3.71. The number of benzene rings is 2. The molecule has 0 spiro atoms. The quantitative estimate of drug-likeness (QED) is 0.648. The lowest BCUT2D eigenvalue weighted by Crippen LogP contribution is -2.04. The van der Waals surface area contributed by atoms with Gasteiger partial charge in [0.25, 0.3) is 0 Å². The highest BCUT2D eigenvalue weighted by molar-refractivity contribution is 6.35. The van der Waals surface area contributed by atoms with E-state index in [1.54, 1.807) is 24.3 Å². The van der Waals surface area contributed by atoms with Crippen molar-refractivity contribution in [2.45, 2.75) is 6.92 Å². The average molecular weight is 325 g/mol. The van der Waals surface area contributed by atoms with Crippen molar-refractivity contribution in [3.05, 3.63) is 51.5 Å². The standard InChI is InChI=1S/C15H14Cl2N2O2/c1-8-5-11(17)14(7-10(8)16)19-13-4-3-9(6-12(13)18)15(20)21-2/h3-7,19H,18H2,1-2H3. The number of aryl methyl sites for hydroxylation is 1. The molecule has 0 saturated carbocycles. The molecule has 0 saturated heterocycles. The van der Waals surface area contributed by atoms with Crippen LogP contribution < -0.4 is 11.1 Å². The maximum absolute atomic E-state index is 11.4. The van der Waals surface area contributed by atoms with Gasteiger partial charge >= 0.3 is 5.97 Å². The molecule has 0 heterocycles. The number of rotatable bonds is 3. The molecule has 0 atom stereocenters. The van der Waals surface area contributed by atoms with E-state index in [1.807, 2.05) is 6.92 Å². The van der Waals surface area contributed by atoms with E-state index < -0.39 is 5.97 Å². The summed E-state index contributed by atoms with van der Waals surface area (Å²) in [4.78, 5) is 11.4. The molecule has 2 rings (SSSR count). The van der Waals surface area contributed by atoms with E-state index in [0.717, 1.165) is 5.56 Å². The molecule has 0 aliphatic heterocycles. The Labute approximate surface area is 132 Å². The number of ether oxygens (including phenoxy) is 1. The molecule has 0 bridgehead atoms. The molecule has 6 heteroatoms. The SMILES string of the molecule is COC(=O)c1ccc(Nc2cc(Cl)c(C)cc2Cl)c(N)c1. The highest BCUT2D eigenvalue weighted by Crippen LogP contribution is 2.33. The number of nitrogens with one attached hydrogen (secondary N) is 1. The molecule has 2 aromatic rings. The first-order valence-corrected chi connectivity index (χ1v) is 6.88. The number of carbonyl (C=O) groups is 1. The van der Waals surface area contributed by atoms with E-state index in [-0.39, 0.29) is 0 Å². The van der Waals surface area contributed by atoms with Crippen molar-refractivity contribution in [3.63, 3.8) is 0 Å². The lowest BCUT2D eigenvalue weighted by molar-refractivity contribution is 0.0601. The van der Waals surface area contributed by atoms with E-state index in [4.69, 9.17) is 28.9 Å². The van der Waals surface area contributed by atoms with E-state index in [2.05, 4.69) is 10.1 Å². The minimum Gasteiger partial charge on any atom is -0.465 e. The fourth-order valence-electron chi connectivity index (χ4n) is 1.81. The molecule has 0 aliphatic rings. The van der Waals surface area contributed by atoms with Crippen LogP contribution in [0.25, 0.3) is 0 Å². The summed E-state index contributed by atoms with van der Waals surface area (Å²) in [6.07, 6.45) is 0. The fraction of sp³-hybridized carbons (Fsp3) is 0.133. The summed E-state index contributed by atoms with van der Waals surface area (Å²) in [7, 11) is 1.32. The zero-order chi connectivity index (χ0) is 15.6. The second-order valence-corrected chi connectivity index (χ2v) is 5.31. The fourth-order valence-corrected chi connectivity index (χ4v) is 2.24. The normalized spacial score (nSPS) is 10.3. The molecule has 2 aromatic carbocycles. The summed E-state index contributed by atoms with van der Waals surface area (Å²) >= 11 is 12.3. The van der Waals surface area contributed by atoms with E-state index in [1.165, 1.54) is 13.2 Å². The summed E-state index contributed by atoms with van der Waals surface area (Å²) in [5, 5.41) is 4.24. The van der Waals surface area contributed by atoms with Crippen molar-refractivity contribution >= 4 is 46.2 Å². The molecular weight excluding hydrogens is 311 g/mol. The summed E-state index contributed by atoms with van der Waals surface area (Å²) < 4.78 is 4.64. The molecule has 21 heavy (non-hydrogen) atoms. The number of nitrogen functional groups attached to an aromatic ring is 1. The summed E-state index contributed by atoms with van der Waals surface area (Å²) in [6, 6.07) is 8.34. The summed E-state index contributed by atoms with van der Waals surface area (Å²) in [5.41, 5.74) is 8.89.